The van der Waals surface area contributed by atoms with Crippen LogP contribution >= 0.6 is 0 Å². The number of hydrogen-bond donors (Lipinski definition) is 2. The maximum absolute atomic E-state index is 12.3. The van der Waals surface area contributed by atoms with Crippen molar-refractivity contribution < 1.29 is 19.5 Å². The van der Waals surface area contributed by atoms with E-state index < -0.39 is 12.0 Å². The molecule has 1 unspecified atom stereocenters. The van der Waals surface area contributed by atoms with Crippen molar-refractivity contribution >= 4 is 23.5 Å². The van der Waals surface area contributed by atoms with Crippen LogP contribution in [0.25, 0.3) is 0 Å². The highest BCUT2D eigenvalue weighted by atomic mass is 16.4. The number of likely N-dealkylation sites (tertiary alicyclic amines) is 1. The van der Waals surface area contributed by atoms with Crippen molar-refractivity contribution in [2.75, 3.05) is 11.9 Å². The van der Waals surface area contributed by atoms with E-state index in [2.05, 4.69) is 10.4 Å². The standard InChI is InChI=1S/C14H20N4O4/c1-8-13(9(2)18(16-8)7-12(20)21)15-14(22)10(3)17-6-4-5-11(17)19/h10H,4-7H2,1-3H3,(H,15,22)(H,20,21). The summed E-state index contributed by atoms with van der Waals surface area (Å²) in [5, 5.41) is 15.7. The van der Waals surface area contributed by atoms with Crippen LogP contribution in [-0.2, 0) is 20.9 Å². The van der Waals surface area contributed by atoms with Crippen molar-refractivity contribution in [1.29, 1.82) is 0 Å². The molecular formula is C14H20N4O4. The second kappa shape index (κ2) is 6.17. The van der Waals surface area contributed by atoms with E-state index in [1.165, 1.54) is 4.68 Å². The van der Waals surface area contributed by atoms with Gasteiger partial charge in [0.15, 0.2) is 0 Å². The van der Waals surface area contributed by atoms with Crippen LogP contribution in [0.15, 0.2) is 0 Å². The van der Waals surface area contributed by atoms with Gasteiger partial charge in [0.2, 0.25) is 11.8 Å². The van der Waals surface area contributed by atoms with Crippen molar-refractivity contribution in [3.05, 3.63) is 11.4 Å². The fraction of sp³-hybridized carbons (Fsp3) is 0.571. The van der Waals surface area contributed by atoms with Gasteiger partial charge in [-0.3, -0.25) is 19.1 Å². The number of aromatic nitrogens is 2. The van der Waals surface area contributed by atoms with Crippen LogP contribution in [-0.4, -0.2) is 50.2 Å². The molecule has 0 radical (unpaired) electrons. The monoisotopic (exact) mass is 308 g/mol. The number of carbonyl (C=O) groups excluding carboxylic acids is 2. The number of nitrogens with zero attached hydrogens (tertiary/aromatic N) is 3. The lowest BCUT2D eigenvalue weighted by Gasteiger charge is -2.23. The summed E-state index contributed by atoms with van der Waals surface area (Å²) in [7, 11) is 0. The maximum atomic E-state index is 12.3. The predicted molar refractivity (Wildman–Crippen MR) is 78.4 cm³/mol. The Balaban J connectivity index is 2.13. The summed E-state index contributed by atoms with van der Waals surface area (Å²) in [5.74, 6) is -1.31. The van der Waals surface area contributed by atoms with E-state index in [0.29, 0.717) is 30.0 Å². The van der Waals surface area contributed by atoms with Crippen molar-refractivity contribution in [3.63, 3.8) is 0 Å². The van der Waals surface area contributed by atoms with Crippen LogP contribution in [0, 0.1) is 13.8 Å². The highest BCUT2D eigenvalue weighted by molar-refractivity contribution is 5.98. The van der Waals surface area contributed by atoms with Crippen LogP contribution in [0.3, 0.4) is 0 Å². The van der Waals surface area contributed by atoms with Gasteiger partial charge < -0.3 is 15.3 Å². The molecule has 22 heavy (non-hydrogen) atoms. The second-order valence-electron chi connectivity index (χ2n) is 5.45. The van der Waals surface area contributed by atoms with Gasteiger partial charge in [-0.25, -0.2) is 0 Å². The van der Waals surface area contributed by atoms with Crippen LogP contribution < -0.4 is 5.32 Å². The van der Waals surface area contributed by atoms with Gasteiger partial charge >= 0.3 is 5.97 Å². The van der Waals surface area contributed by atoms with E-state index in [1.54, 1.807) is 25.7 Å². The third-order valence-electron chi connectivity index (χ3n) is 3.87. The lowest BCUT2D eigenvalue weighted by molar-refractivity contribution is -0.138. The van der Waals surface area contributed by atoms with Crippen LogP contribution in [0.1, 0.15) is 31.2 Å². The minimum Gasteiger partial charge on any atom is -0.480 e. The summed E-state index contributed by atoms with van der Waals surface area (Å²) in [6, 6.07) is -0.559. The van der Waals surface area contributed by atoms with E-state index in [0.717, 1.165) is 6.42 Å². The zero-order valence-corrected chi connectivity index (χ0v) is 12.9. The van der Waals surface area contributed by atoms with E-state index in [1.807, 2.05) is 0 Å². The molecule has 0 saturated carbocycles. The van der Waals surface area contributed by atoms with Crippen LogP contribution in [0.5, 0.6) is 0 Å². The van der Waals surface area contributed by atoms with Crippen LogP contribution in [0.2, 0.25) is 0 Å². The van der Waals surface area contributed by atoms with Gasteiger partial charge in [-0.15, -0.1) is 0 Å². The minimum atomic E-state index is -1.00. The number of anilines is 1. The van der Waals surface area contributed by atoms with Gasteiger partial charge in [0.1, 0.15) is 12.6 Å². The number of carboxylic acid groups (broad SMARTS) is 1. The molecule has 2 heterocycles. The number of carbonyl (C=O) groups is 3. The van der Waals surface area contributed by atoms with Gasteiger partial charge in [-0.2, -0.15) is 5.10 Å². The number of nitrogens with one attached hydrogen (secondary N) is 1. The molecule has 1 aliphatic heterocycles. The number of amides is 2. The number of aliphatic carboxylic acids is 1. The molecule has 0 aromatic carbocycles. The lowest BCUT2D eigenvalue weighted by atomic mass is 10.2. The summed E-state index contributed by atoms with van der Waals surface area (Å²) in [6.07, 6.45) is 1.25. The topological polar surface area (TPSA) is 105 Å². The lowest BCUT2D eigenvalue weighted by Crippen LogP contribution is -2.42. The van der Waals surface area contributed by atoms with Crippen molar-refractivity contribution in [2.45, 2.75) is 46.2 Å². The summed E-state index contributed by atoms with van der Waals surface area (Å²) >= 11 is 0. The Kier molecular flexibility index (Phi) is 4.48. The summed E-state index contributed by atoms with van der Waals surface area (Å²) in [4.78, 5) is 36.4. The molecule has 0 spiro atoms. The Morgan fingerprint density at radius 3 is 2.64 bits per heavy atom. The zero-order chi connectivity index (χ0) is 16.4. The molecule has 120 valence electrons. The summed E-state index contributed by atoms with van der Waals surface area (Å²) < 4.78 is 1.33. The van der Waals surface area contributed by atoms with Crippen LogP contribution in [0.4, 0.5) is 5.69 Å². The average Bonchev–Trinajstić information content (AvgIpc) is 2.96. The fourth-order valence-electron chi connectivity index (χ4n) is 2.61. The van der Waals surface area contributed by atoms with Crippen molar-refractivity contribution in [2.24, 2.45) is 0 Å². The first-order valence-electron chi connectivity index (χ1n) is 7.17. The Labute approximate surface area is 128 Å². The average molecular weight is 308 g/mol. The smallest absolute Gasteiger partial charge is 0.325 e. The molecule has 8 nitrogen and oxygen atoms in total. The van der Waals surface area contributed by atoms with Gasteiger partial charge in [0, 0.05) is 13.0 Å². The van der Waals surface area contributed by atoms with E-state index >= 15 is 0 Å². The molecule has 0 aliphatic carbocycles. The number of hydrogen-bond acceptors (Lipinski definition) is 4. The predicted octanol–water partition coefficient (Wildman–Crippen LogP) is 0.534. The second-order valence-corrected chi connectivity index (χ2v) is 5.45. The molecule has 2 rings (SSSR count). The van der Waals surface area contributed by atoms with Gasteiger partial charge in [-0.05, 0) is 27.2 Å². The van der Waals surface area contributed by atoms with Gasteiger partial charge in [0.25, 0.3) is 0 Å². The minimum absolute atomic E-state index is 0.0160. The molecule has 0 bridgehead atoms. The molecule has 2 amide bonds. The quantitative estimate of drug-likeness (QED) is 0.826. The molecule has 8 heteroatoms. The molecule has 1 aromatic rings. The van der Waals surface area contributed by atoms with Gasteiger partial charge in [-0.1, -0.05) is 0 Å². The third-order valence-corrected chi connectivity index (χ3v) is 3.87. The largest absolute Gasteiger partial charge is 0.480 e. The zero-order valence-electron chi connectivity index (χ0n) is 12.9. The van der Waals surface area contributed by atoms with E-state index in [-0.39, 0.29) is 18.4 Å². The molecule has 1 atom stereocenters. The molecule has 1 aromatic heterocycles. The highest BCUT2D eigenvalue weighted by Crippen LogP contribution is 2.21. The highest BCUT2D eigenvalue weighted by Gasteiger charge is 2.30. The Bertz CT molecular complexity index is 623. The normalized spacial score (nSPS) is 16.0. The Morgan fingerprint density at radius 1 is 1.41 bits per heavy atom. The first-order valence-corrected chi connectivity index (χ1v) is 7.17. The molecule has 1 aliphatic rings. The number of aryl methyl sites for hydroxylation is 1. The SMILES string of the molecule is Cc1nn(CC(=O)O)c(C)c1NC(=O)C(C)N1CCCC1=O. The summed E-state index contributed by atoms with van der Waals surface area (Å²) in [5.41, 5.74) is 1.63. The number of rotatable bonds is 5. The first-order chi connectivity index (χ1) is 10.3. The number of carboxylic acids is 1. The summed E-state index contributed by atoms with van der Waals surface area (Å²) in [6.45, 7) is 5.41. The Morgan fingerprint density at radius 2 is 2.09 bits per heavy atom. The third kappa shape index (κ3) is 3.10. The first kappa shape index (κ1) is 16.0. The van der Waals surface area contributed by atoms with Crippen molar-refractivity contribution in [1.82, 2.24) is 14.7 Å². The van der Waals surface area contributed by atoms with Gasteiger partial charge in [0.05, 0.1) is 17.1 Å². The van der Waals surface area contributed by atoms with E-state index in [4.69, 9.17) is 5.11 Å². The molecule has 1 fully saturated rings. The molecule has 1 saturated heterocycles. The molecule has 2 N–H and O–H groups in total. The maximum Gasteiger partial charge on any atom is 0.325 e. The molecular weight excluding hydrogens is 288 g/mol. The Hall–Kier alpha value is -2.38. The van der Waals surface area contributed by atoms with Crippen molar-refractivity contribution in [3.8, 4) is 0 Å². The fourth-order valence-corrected chi connectivity index (χ4v) is 2.61. The van der Waals surface area contributed by atoms with E-state index in [9.17, 15) is 14.4 Å².